The van der Waals surface area contributed by atoms with Crippen LogP contribution in [0.4, 0.5) is 0 Å². The SMILES string of the molecule is O=C(CCCCCCCCCBr)NC(CCC(=O)OCc1ccccc1)C(=O)O. The van der Waals surface area contributed by atoms with Gasteiger partial charge in [-0.05, 0) is 24.8 Å². The summed E-state index contributed by atoms with van der Waals surface area (Å²) in [5, 5.41) is 12.8. The molecule has 2 N–H and O–H groups in total. The fraction of sp³-hybridized carbons (Fsp3) is 0.591. The highest BCUT2D eigenvalue weighted by molar-refractivity contribution is 9.09. The van der Waals surface area contributed by atoms with Crippen LogP contribution in [0.15, 0.2) is 30.3 Å². The number of alkyl halides is 1. The number of hydrogen-bond acceptors (Lipinski definition) is 4. The van der Waals surface area contributed by atoms with Crippen molar-refractivity contribution in [3.63, 3.8) is 0 Å². The Morgan fingerprint density at radius 2 is 1.55 bits per heavy atom. The lowest BCUT2D eigenvalue weighted by atomic mass is 10.1. The molecular weight excluding hydrogens is 438 g/mol. The Balaban J connectivity index is 2.18. The highest BCUT2D eigenvalue weighted by Gasteiger charge is 2.21. The molecule has 0 saturated heterocycles. The second-order valence-corrected chi connectivity index (χ2v) is 7.85. The number of aliphatic carboxylic acids is 1. The first-order valence-corrected chi connectivity index (χ1v) is 11.4. The Kier molecular flexibility index (Phi) is 13.8. The molecule has 162 valence electrons. The van der Waals surface area contributed by atoms with Gasteiger partial charge in [0.05, 0.1) is 0 Å². The van der Waals surface area contributed by atoms with E-state index < -0.39 is 18.0 Å². The van der Waals surface area contributed by atoms with Crippen molar-refractivity contribution in [3.05, 3.63) is 35.9 Å². The van der Waals surface area contributed by atoms with E-state index in [9.17, 15) is 19.5 Å². The first-order valence-electron chi connectivity index (χ1n) is 10.3. The molecule has 0 aliphatic carbocycles. The topological polar surface area (TPSA) is 92.7 Å². The third kappa shape index (κ3) is 13.0. The maximum atomic E-state index is 12.0. The molecule has 1 aromatic rings. The normalized spacial score (nSPS) is 11.6. The molecule has 0 aromatic heterocycles. The summed E-state index contributed by atoms with van der Waals surface area (Å²) >= 11 is 3.41. The smallest absolute Gasteiger partial charge is 0.326 e. The van der Waals surface area contributed by atoms with E-state index in [1.165, 1.54) is 19.3 Å². The van der Waals surface area contributed by atoms with Gasteiger partial charge < -0.3 is 15.2 Å². The second kappa shape index (κ2) is 16.0. The van der Waals surface area contributed by atoms with Crippen molar-refractivity contribution < 1.29 is 24.2 Å². The number of halogens is 1. The van der Waals surface area contributed by atoms with E-state index in [1.54, 1.807) is 0 Å². The van der Waals surface area contributed by atoms with Crippen molar-refractivity contribution in [1.82, 2.24) is 5.32 Å². The van der Waals surface area contributed by atoms with Crippen LogP contribution in [0.3, 0.4) is 0 Å². The molecule has 0 bridgehead atoms. The van der Waals surface area contributed by atoms with Crippen molar-refractivity contribution in [2.75, 3.05) is 5.33 Å². The van der Waals surface area contributed by atoms with Crippen molar-refractivity contribution in [1.29, 1.82) is 0 Å². The summed E-state index contributed by atoms with van der Waals surface area (Å²) < 4.78 is 5.14. The van der Waals surface area contributed by atoms with Crippen molar-refractivity contribution >= 4 is 33.8 Å². The van der Waals surface area contributed by atoms with E-state index in [2.05, 4.69) is 21.2 Å². The van der Waals surface area contributed by atoms with Gasteiger partial charge in [-0.3, -0.25) is 9.59 Å². The van der Waals surface area contributed by atoms with Crippen LogP contribution in [0, 0.1) is 0 Å². The number of esters is 1. The summed E-state index contributed by atoms with van der Waals surface area (Å²) in [6.07, 6.45) is 7.85. The summed E-state index contributed by atoms with van der Waals surface area (Å²) in [5.41, 5.74) is 0.868. The number of amides is 1. The largest absolute Gasteiger partial charge is 0.480 e. The third-order valence-corrected chi connectivity index (χ3v) is 5.11. The molecule has 0 aliphatic heterocycles. The van der Waals surface area contributed by atoms with Gasteiger partial charge in [0.15, 0.2) is 0 Å². The Labute approximate surface area is 181 Å². The zero-order valence-electron chi connectivity index (χ0n) is 16.9. The molecule has 7 heteroatoms. The van der Waals surface area contributed by atoms with Crippen LogP contribution >= 0.6 is 15.9 Å². The molecule has 1 rings (SSSR count). The second-order valence-electron chi connectivity index (χ2n) is 7.06. The number of rotatable bonds is 16. The van der Waals surface area contributed by atoms with E-state index in [0.717, 1.165) is 36.6 Å². The molecule has 0 heterocycles. The van der Waals surface area contributed by atoms with Gasteiger partial charge in [-0.25, -0.2) is 4.79 Å². The lowest BCUT2D eigenvalue weighted by molar-refractivity contribution is -0.146. The number of unbranched alkanes of at least 4 members (excludes halogenated alkanes) is 6. The third-order valence-electron chi connectivity index (χ3n) is 4.55. The van der Waals surface area contributed by atoms with Gasteiger partial charge in [0.1, 0.15) is 12.6 Å². The predicted octanol–water partition coefficient (Wildman–Crippen LogP) is 4.60. The average Bonchev–Trinajstić information content (AvgIpc) is 2.72. The van der Waals surface area contributed by atoms with E-state index in [-0.39, 0.29) is 25.4 Å². The number of benzene rings is 1. The van der Waals surface area contributed by atoms with Crippen molar-refractivity contribution in [3.8, 4) is 0 Å². The van der Waals surface area contributed by atoms with Crippen LogP contribution in [0.1, 0.15) is 69.8 Å². The van der Waals surface area contributed by atoms with Gasteiger partial charge in [-0.1, -0.05) is 78.4 Å². The molecule has 0 aliphatic rings. The molecule has 0 fully saturated rings. The number of hydrogen-bond donors (Lipinski definition) is 2. The van der Waals surface area contributed by atoms with Crippen LogP contribution in [-0.2, 0) is 25.7 Å². The molecule has 1 atom stereocenters. The molecule has 0 saturated carbocycles. The lowest BCUT2D eigenvalue weighted by Gasteiger charge is -2.14. The average molecular weight is 470 g/mol. The standard InChI is InChI=1S/C22H32BrNO5/c23-16-10-5-3-1-2-4-9-13-20(25)24-19(22(27)28)14-15-21(26)29-17-18-11-7-6-8-12-18/h6-8,11-12,19H,1-5,9-10,13-17H2,(H,24,25)(H,27,28). The highest BCUT2D eigenvalue weighted by atomic mass is 79.9. The lowest BCUT2D eigenvalue weighted by Crippen LogP contribution is -2.41. The Morgan fingerprint density at radius 3 is 2.17 bits per heavy atom. The number of carbonyl (C=O) groups is 3. The minimum absolute atomic E-state index is 0.0161. The van der Waals surface area contributed by atoms with Crippen LogP contribution in [0.5, 0.6) is 0 Å². The summed E-state index contributed by atoms with van der Waals surface area (Å²) in [5.74, 6) is -1.90. The number of ether oxygens (including phenoxy) is 1. The molecule has 0 spiro atoms. The fourth-order valence-electron chi connectivity index (χ4n) is 2.86. The number of carboxylic acids is 1. The summed E-state index contributed by atoms with van der Waals surface area (Å²) in [6, 6.07) is 8.19. The summed E-state index contributed by atoms with van der Waals surface area (Å²) in [6.45, 7) is 0.153. The van der Waals surface area contributed by atoms with Gasteiger partial charge in [0.2, 0.25) is 5.91 Å². The van der Waals surface area contributed by atoms with E-state index in [1.807, 2.05) is 30.3 Å². The minimum Gasteiger partial charge on any atom is -0.480 e. The molecule has 6 nitrogen and oxygen atoms in total. The molecule has 0 radical (unpaired) electrons. The van der Waals surface area contributed by atoms with E-state index >= 15 is 0 Å². The van der Waals surface area contributed by atoms with Crippen LogP contribution in [0.2, 0.25) is 0 Å². The van der Waals surface area contributed by atoms with Gasteiger partial charge >= 0.3 is 11.9 Å². The van der Waals surface area contributed by atoms with Crippen molar-refractivity contribution in [2.45, 2.75) is 76.9 Å². The fourth-order valence-corrected chi connectivity index (χ4v) is 3.26. The van der Waals surface area contributed by atoms with Crippen LogP contribution in [-0.4, -0.2) is 34.3 Å². The van der Waals surface area contributed by atoms with Gasteiger partial charge in [0, 0.05) is 18.2 Å². The predicted molar refractivity (Wildman–Crippen MR) is 116 cm³/mol. The van der Waals surface area contributed by atoms with Crippen LogP contribution in [0.25, 0.3) is 0 Å². The molecule has 1 unspecified atom stereocenters. The molecule has 1 aromatic carbocycles. The monoisotopic (exact) mass is 469 g/mol. The van der Waals surface area contributed by atoms with Gasteiger partial charge in [-0.15, -0.1) is 0 Å². The minimum atomic E-state index is -1.14. The quantitative estimate of drug-likeness (QED) is 0.209. The Hall–Kier alpha value is -1.89. The van der Waals surface area contributed by atoms with E-state index in [0.29, 0.717) is 6.42 Å². The molecular formula is C22H32BrNO5. The van der Waals surface area contributed by atoms with Gasteiger partial charge in [-0.2, -0.15) is 0 Å². The maximum absolute atomic E-state index is 12.0. The van der Waals surface area contributed by atoms with Gasteiger partial charge in [0.25, 0.3) is 0 Å². The molecule has 1 amide bonds. The zero-order chi connectivity index (χ0) is 21.3. The summed E-state index contributed by atoms with van der Waals surface area (Å²) in [4.78, 5) is 35.2. The highest BCUT2D eigenvalue weighted by Crippen LogP contribution is 2.10. The number of nitrogens with one attached hydrogen (secondary N) is 1. The first kappa shape index (κ1) is 25.1. The number of carbonyl (C=O) groups excluding carboxylic acids is 2. The number of carboxylic acid groups (broad SMARTS) is 1. The van der Waals surface area contributed by atoms with Crippen LogP contribution < -0.4 is 5.32 Å². The van der Waals surface area contributed by atoms with Crippen molar-refractivity contribution in [2.24, 2.45) is 0 Å². The Bertz CT molecular complexity index is 608. The Morgan fingerprint density at radius 1 is 0.931 bits per heavy atom. The summed E-state index contributed by atoms with van der Waals surface area (Å²) in [7, 11) is 0. The first-order chi connectivity index (χ1) is 14.0. The maximum Gasteiger partial charge on any atom is 0.326 e. The molecule has 29 heavy (non-hydrogen) atoms. The zero-order valence-corrected chi connectivity index (χ0v) is 18.5. The van der Waals surface area contributed by atoms with E-state index in [4.69, 9.17) is 4.74 Å².